The maximum absolute atomic E-state index is 14.3. The van der Waals surface area contributed by atoms with Crippen molar-refractivity contribution in [1.29, 1.82) is 0 Å². The van der Waals surface area contributed by atoms with Crippen LogP contribution in [0, 0.1) is 5.82 Å². The van der Waals surface area contributed by atoms with Crippen molar-refractivity contribution < 1.29 is 28.1 Å². The first-order valence-corrected chi connectivity index (χ1v) is 12.9. The number of carbonyl (C=O) groups is 2. The lowest BCUT2D eigenvalue weighted by Crippen LogP contribution is -2.13. The fourth-order valence-electron chi connectivity index (χ4n) is 5.21. The molecule has 0 unspecified atom stereocenters. The lowest BCUT2D eigenvalue weighted by atomic mass is 9.87. The normalized spacial score (nSPS) is 16.9. The summed E-state index contributed by atoms with van der Waals surface area (Å²) in [6, 6.07) is 6.14. The van der Waals surface area contributed by atoms with E-state index in [4.69, 9.17) is 20.6 Å². The molecule has 36 heavy (non-hydrogen) atoms. The Balaban J connectivity index is 1.41. The Kier molecular flexibility index (Phi) is 7.23. The quantitative estimate of drug-likeness (QED) is 0.299. The van der Waals surface area contributed by atoms with Crippen molar-refractivity contribution in [2.75, 3.05) is 0 Å². The molecule has 0 radical (unpaired) electrons. The molecule has 2 aromatic heterocycles. The van der Waals surface area contributed by atoms with Gasteiger partial charge in [0.1, 0.15) is 17.4 Å². The number of Topliss-reactive ketones (excluding diaryl/α,β-unsaturated/α-hetero) is 1. The Morgan fingerprint density at radius 1 is 1.08 bits per heavy atom. The number of nitrogens with zero attached hydrogens (tertiary/aromatic N) is 2. The van der Waals surface area contributed by atoms with Crippen LogP contribution in [0.15, 0.2) is 33.3 Å². The van der Waals surface area contributed by atoms with E-state index in [9.17, 15) is 19.1 Å². The second-order valence-electron chi connectivity index (χ2n) is 9.97. The number of carboxylic acids is 1. The van der Waals surface area contributed by atoms with E-state index in [0.717, 1.165) is 37.0 Å². The Hall–Kier alpha value is -3.00. The van der Waals surface area contributed by atoms with Gasteiger partial charge in [-0.3, -0.25) is 9.59 Å². The number of hydrogen-bond acceptors (Lipinski definition) is 6. The average Bonchev–Trinajstić information content (AvgIpc) is 3.22. The minimum absolute atomic E-state index is 0.0349. The van der Waals surface area contributed by atoms with Crippen molar-refractivity contribution in [3.05, 3.63) is 57.7 Å². The number of aliphatic carboxylic acids is 1. The lowest BCUT2D eigenvalue weighted by molar-refractivity contribution is -0.137. The predicted octanol–water partition coefficient (Wildman–Crippen LogP) is 6.81. The van der Waals surface area contributed by atoms with E-state index in [0.29, 0.717) is 23.1 Å². The molecule has 2 aliphatic carbocycles. The maximum Gasteiger partial charge on any atom is 0.303 e. The van der Waals surface area contributed by atoms with Crippen LogP contribution >= 0.6 is 11.6 Å². The molecule has 0 bridgehead atoms. The molecule has 1 atom stereocenters. The molecule has 2 aliphatic rings. The smallest absolute Gasteiger partial charge is 0.303 e. The van der Waals surface area contributed by atoms with Gasteiger partial charge in [-0.2, -0.15) is 0 Å². The first kappa shape index (κ1) is 24.7. The van der Waals surface area contributed by atoms with E-state index >= 15 is 0 Å². The SMILES string of the molecule is O=C(O)CC[C@@H](CC(=O)Cc1ccc(Cl)cc1F)c1noc(-c2cc(C3CCCC3)on2)c1C1CC1. The molecule has 190 valence electrons. The number of hydrogen-bond donors (Lipinski definition) is 1. The second kappa shape index (κ2) is 10.5. The summed E-state index contributed by atoms with van der Waals surface area (Å²) >= 11 is 5.82. The van der Waals surface area contributed by atoms with Crippen LogP contribution in [0.1, 0.15) is 98.1 Å². The summed E-state index contributed by atoms with van der Waals surface area (Å²) in [6.07, 6.45) is 6.49. The van der Waals surface area contributed by atoms with Crippen LogP contribution in [-0.2, 0) is 16.0 Å². The molecular weight excluding hydrogens is 487 g/mol. The molecule has 0 saturated heterocycles. The van der Waals surface area contributed by atoms with Crippen molar-refractivity contribution in [3.8, 4) is 11.5 Å². The van der Waals surface area contributed by atoms with E-state index in [1.54, 1.807) is 6.07 Å². The molecule has 9 heteroatoms. The van der Waals surface area contributed by atoms with E-state index < -0.39 is 17.7 Å². The van der Waals surface area contributed by atoms with Crippen LogP contribution in [0.3, 0.4) is 0 Å². The number of benzene rings is 1. The van der Waals surface area contributed by atoms with Gasteiger partial charge in [-0.05, 0) is 55.7 Å². The summed E-state index contributed by atoms with van der Waals surface area (Å²) in [5.74, 6) is -0.172. The van der Waals surface area contributed by atoms with Crippen LogP contribution in [0.2, 0.25) is 5.02 Å². The molecule has 0 spiro atoms. The highest BCUT2D eigenvalue weighted by Crippen LogP contribution is 2.49. The summed E-state index contributed by atoms with van der Waals surface area (Å²) < 4.78 is 25.7. The first-order chi connectivity index (χ1) is 17.4. The molecule has 2 fully saturated rings. The van der Waals surface area contributed by atoms with Crippen molar-refractivity contribution in [2.24, 2.45) is 0 Å². The zero-order valence-corrected chi connectivity index (χ0v) is 20.6. The van der Waals surface area contributed by atoms with Gasteiger partial charge < -0.3 is 14.2 Å². The van der Waals surface area contributed by atoms with Crippen molar-refractivity contribution in [2.45, 2.75) is 82.0 Å². The van der Waals surface area contributed by atoms with Crippen molar-refractivity contribution in [3.63, 3.8) is 0 Å². The Bertz CT molecular complexity index is 1260. The standard InChI is InChI=1S/C27H28ClFN2O5/c28-19-9-7-17(21(29)13-19)11-20(32)12-18(8-10-24(33)34)26-25(16-5-6-16)27(36-31-26)22-14-23(35-30-22)15-3-1-2-4-15/h7,9,13-16,18H,1-6,8,10-12H2,(H,33,34)/t18-/m0/s1. The summed E-state index contributed by atoms with van der Waals surface area (Å²) in [7, 11) is 0. The average molecular weight is 515 g/mol. The highest BCUT2D eigenvalue weighted by atomic mass is 35.5. The minimum Gasteiger partial charge on any atom is -0.481 e. The van der Waals surface area contributed by atoms with Gasteiger partial charge in [0.25, 0.3) is 0 Å². The van der Waals surface area contributed by atoms with Gasteiger partial charge in [0, 0.05) is 47.8 Å². The van der Waals surface area contributed by atoms with Gasteiger partial charge in [-0.15, -0.1) is 0 Å². The molecule has 0 aliphatic heterocycles. The Morgan fingerprint density at radius 2 is 1.86 bits per heavy atom. The minimum atomic E-state index is -0.953. The van der Waals surface area contributed by atoms with Gasteiger partial charge >= 0.3 is 5.97 Å². The van der Waals surface area contributed by atoms with Crippen molar-refractivity contribution >= 4 is 23.4 Å². The molecule has 3 aromatic rings. The second-order valence-corrected chi connectivity index (χ2v) is 10.4. The number of ketones is 1. The Morgan fingerprint density at radius 3 is 2.56 bits per heavy atom. The Labute approximate surface area is 213 Å². The molecule has 2 saturated carbocycles. The summed E-state index contributed by atoms with van der Waals surface area (Å²) in [6.45, 7) is 0. The largest absolute Gasteiger partial charge is 0.481 e. The molecular formula is C27H28ClFN2O5. The number of carbonyl (C=O) groups excluding carboxylic acids is 1. The van der Waals surface area contributed by atoms with E-state index in [1.807, 2.05) is 6.07 Å². The topological polar surface area (TPSA) is 106 Å². The lowest BCUT2D eigenvalue weighted by Gasteiger charge is -2.15. The van der Waals surface area contributed by atoms with Crippen LogP contribution in [0.4, 0.5) is 4.39 Å². The highest BCUT2D eigenvalue weighted by Gasteiger charge is 2.37. The van der Waals surface area contributed by atoms with E-state index in [-0.39, 0.29) is 48.0 Å². The zero-order valence-electron chi connectivity index (χ0n) is 19.8. The van der Waals surface area contributed by atoms with Gasteiger partial charge in [-0.1, -0.05) is 40.8 Å². The molecule has 5 rings (SSSR count). The molecule has 1 N–H and O–H groups in total. The fraction of sp³-hybridized carbons (Fsp3) is 0.481. The highest BCUT2D eigenvalue weighted by molar-refractivity contribution is 6.30. The zero-order chi connectivity index (χ0) is 25.2. The van der Waals surface area contributed by atoms with Crippen LogP contribution < -0.4 is 0 Å². The first-order valence-electron chi connectivity index (χ1n) is 12.5. The van der Waals surface area contributed by atoms with Gasteiger partial charge in [0.2, 0.25) is 0 Å². The van der Waals surface area contributed by atoms with Crippen LogP contribution in [0.5, 0.6) is 0 Å². The monoisotopic (exact) mass is 514 g/mol. The molecule has 7 nitrogen and oxygen atoms in total. The third kappa shape index (κ3) is 5.53. The molecule has 0 amide bonds. The van der Waals surface area contributed by atoms with Crippen LogP contribution in [0.25, 0.3) is 11.5 Å². The number of carboxylic acid groups (broad SMARTS) is 1. The van der Waals surface area contributed by atoms with Gasteiger partial charge in [0.05, 0.1) is 5.69 Å². The molecule has 1 aromatic carbocycles. The van der Waals surface area contributed by atoms with Gasteiger partial charge in [0.15, 0.2) is 11.5 Å². The third-order valence-corrected chi connectivity index (χ3v) is 7.47. The van der Waals surface area contributed by atoms with E-state index in [1.165, 1.54) is 25.0 Å². The number of rotatable bonds is 11. The predicted molar refractivity (Wildman–Crippen MR) is 130 cm³/mol. The van der Waals surface area contributed by atoms with E-state index in [2.05, 4.69) is 10.3 Å². The maximum atomic E-state index is 14.3. The fourth-order valence-corrected chi connectivity index (χ4v) is 5.37. The summed E-state index contributed by atoms with van der Waals surface area (Å²) in [5, 5.41) is 18.2. The van der Waals surface area contributed by atoms with Crippen molar-refractivity contribution in [1.82, 2.24) is 10.3 Å². The summed E-state index contributed by atoms with van der Waals surface area (Å²) in [4.78, 5) is 24.3. The number of aromatic nitrogens is 2. The van der Waals surface area contributed by atoms with Gasteiger partial charge in [-0.25, -0.2) is 4.39 Å². The third-order valence-electron chi connectivity index (χ3n) is 7.23. The number of halogens is 2. The summed E-state index contributed by atoms with van der Waals surface area (Å²) in [5.41, 5.74) is 2.34. The molecule has 2 heterocycles. The van der Waals surface area contributed by atoms with Crippen LogP contribution in [-0.4, -0.2) is 27.2 Å².